The van der Waals surface area contributed by atoms with Crippen molar-refractivity contribution in [3.63, 3.8) is 0 Å². The second-order valence-corrected chi connectivity index (χ2v) is 19.9. The number of hydrogen-bond donors (Lipinski definition) is 3. The van der Waals surface area contributed by atoms with E-state index in [0.29, 0.717) is 73.1 Å². The number of ether oxygens (including phenoxy) is 3. The number of piperazine rings is 1. The largest absolute Gasteiger partial charge is 0.462 e. The Labute approximate surface area is 448 Å². The van der Waals surface area contributed by atoms with Crippen LogP contribution in [0, 0.1) is 28.8 Å². The molecule has 77 heavy (non-hydrogen) atoms. The lowest BCUT2D eigenvalue weighted by Gasteiger charge is -2.36. The van der Waals surface area contributed by atoms with E-state index in [9.17, 15) is 38.3 Å². The zero-order chi connectivity index (χ0) is 55.1. The lowest BCUT2D eigenvalue weighted by Crippen LogP contribution is -2.50. The van der Waals surface area contributed by atoms with E-state index in [1.54, 1.807) is 37.1 Å². The number of aliphatic hydroxyl groups is 1. The van der Waals surface area contributed by atoms with Crippen molar-refractivity contribution < 1.29 is 46.9 Å². The minimum absolute atomic E-state index is 0.00180. The van der Waals surface area contributed by atoms with Crippen molar-refractivity contribution >= 4 is 89.7 Å². The molecule has 0 bridgehead atoms. The molecule has 0 saturated carbocycles. The number of carbonyl (C=O) groups excluding carboxylic acids is 3. The van der Waals surface area contributed by atoms with Gasteiger partial charge in [-0.15, -0.1) is 11.3 Å². The maximum Gasteiger partial charge on any atom is 0.340 e. The van der Waals surface area contributed by atoms with Gasteiger partial charge in [-0.25, -0.2) is 22.9 Å². The van der Waals surface area contributed by atoms with Gasteiger partial charge in [0.25, 0.3) is 17.9 Å². The third kappa shape index (κ3) is 9.84. The number of aliphatic hydroxyl groups excluding tert-OH is 1. The number of rotatable bonds is 10. The second kappa shape index (κ2) is 22.0. The minimum Gasteiger partial charge on any atom is -0.462 e. The highest BCUT2D eigenvalue weighted by Gasteiger charge is 2.35. The first-order valence-electron chi connectivity index (χ1n) is 24.7. The Balaban J connectivity index is 0.000000209. The van der Waals surface area contributed by atoms with Crippen molar-refractivity contribution in [1.29, 1.82) is 5.26 Å². The number of amides is 1. The predicted molar refractivity (Wildman–Crippen MR) is 286 cm³/mol. The number of aromatic nitrogens is 4. The van der Waals surface area contributed by atoms with Gasteiger partial charge >= 0.3 is 12.0 Å². The first-order valence-corrected chi connectivity index (χ1v) is 25.9. The van der Waals surface area contributed by atoms with Crippen molar-refractivity contribution in [3.05, 3.63) is 110 Å². The van der Waals surface area contributed by atoms with E-state index in [1.807, 2.05) is 37.9 Å². The quantitative estimate of drug-likeness (QED) is 0.0672. The average Bonchev–Trinajstić information content (AvgIpc) is 4.14. The fourth-order valence-electron chi connectivity index (χ4n) is 9.99. The molecule has 0 spiro atoms. The number of nitriles is 1. The molecule has 4 aromatic heterocycles. The molecule has 7 aromatic rings. The van der Waals surface area contributed by atoms with Gasteiger partial charge in [-0.1, -0.05) is 38.1 Å². The lowest BCUT2D eigenvalue weighted by molar-refractivity contribution is -0.157. The Morgan fingerprint density at radius 3 is 2.53 bits per heavy atom. The number of benzene rings is 3. The number of thiophene rings is 1. The van der Waals surface area contributed by atoms with E-state index in [-0.39, 0.29) is 95.6 Å². The lowest BCUT2D eigenvalue weighted by atomic mass is 9.97. The molecular weight excluding hydrogens is 1040 g/mol. The summed E-state index contributed by atoms with van der Waals surface area (Å²) in [6.07, 6.45) is -0.292. The highest BCUT2D eigenvalue weighted by molar-refractivity contribution is 7.23. The zero-order valence-corrected chi connectivity index (χ0v) is 44.1. The highest BCUT2D eigenvalue weighted by Crippen LogP contribution is 2.46. The topological polar surface area (TPSA) is 231 Å². The number of nitrogen functional groups attached to an aromatic ring is 1. The average molecular weight is 1090 g/mol. The summed E-state index contributed by atoms with van der Waals surface area (Å²) >= 11 is 7.71. The molecule has 4 aliphatic heterocycles. The Morgan fingerprint density at radius 1 is 1.09 bits per heavy atom. The van der Waals surface area contributed by atoms with Gasteiger partial charge in [0.15, 0.2) is 11.9 Å². The van der Waals surface area contributed by atoms with E-state index < -0.39 is 35.6 Å². The fourth-order valence-corrected chi connectivity index (χ4v) is 11.2. The molecule has 23 heteroatoms. The van der Waals surface area contributed by atoms with Gasteiger partial charge < -0.3 is 49.6 Å². The van der Waals surface area contributed by atoms with Crippen LogP contribution in [0.5, 0.6) is 6.01 Å². The van der Waals surface area contributed by atoms with Gasteiger partial charge in [-0.2, -0.15) is 15.2 Å². The van der Waals surface area contributed by atoms with Gasteiger partial charge in [0.1, 0.15) is 53.4 Å². The summed E-state index contributed by atoms with van der Waals surface area (Å²) in [6.45, 7) is 12.3. The van der Waals surface area contributed by atoms with Crippen LogP contribution >= 0.6 is 22.9 Å². The normalized spacial score (nSPS) is 17.0. The Hall–Kier alpha value is -7.84. The third-order valence-corrected chi connectivity index (χ3v) is 15.5. The number of cyclic esters (lactones) is 1. The Kier molecular flexibility index (Phi) is 15.4. The van der Waals surface area contributed by atoms with Crippen LogP contribution in [-0.2, 0) is 37.0 Å². The molecule has 400 valence electrons. The summed E-state index contributed by atoms with van der Waals surface area (Å²) in [5, 5.41) is 24.1. The number of hydrogen-bond acceptors (Lipinski definition) is 17. The van der Waals surface area contributed by atoms with E-state index in [1.165, 1.54) is 22.8 Å². The number of pyridine rings is 2. The van der Waals surface area contributed by atoms with E-state index >= 15 is 4.39 Å². The molecule has 4 N–H and O–H groups in total. The summed E-state index contributed by atoms with van der Waals surface area (Å²) in [7, 11) is 3.65. The zero-order valence-electron chi connectivity index (χ0n) is 42.5. The van der Waals surface area contributed by atoms with Crippen molar-refractivity contribution in [2.24, 2.45) is 0 Å². The Bertz CT molecular complexity index is 3670. The number of esters is 1. The van der Waals surface area contributed by atoms with Crippen LogP contribution in [0.4, 0.5) is 29.7 Å². The molecule has 2 saturated heterocycles. The SMILES string of the molecule is C=C(C(=O)N1CCN(c2nc(OCC3CCCN3C)nc3c(F)c(-c4ccc(F)c5sc(N)c(C#N)c45)c(Cl)cc23)CC1)C(C)OC=O.CC.CNc1cc2cc3c(nc2cc1F)-c1cc2c(c(=O)n1C3)COC(=O)C2O. The van der Waals surface area contributed by atoms with Crippen molar-refractivity contribution in [3.8, 4) is 34.6 Å². The van der Waals surface area contributed by atoms with Crippen LogP contribution in [-0.4, -0.2) is 118 Å². The molecule has 3 unspecified atom stereocenters. The third-order valence-electron chi connectivity index (χ3n) is 14.1. The molecule has 18 nitrogen and oxygen atoms in total. The molecule has 0 aliphatic carbocycles. The number of carbonyl (C=O) groups is 3. The van der Waals surface area contributed by atoms with Crippen LogP contribution in [0.15, 0.2) is 59.4 Å². The van der Waals surface area contributed by atoms with E-state index in [2.05, 4.69) is 26.8 Å². The molecule has 0 radical (unpaired) electrons. The number of fused-ring (bicyclic) bond motifs is 7. The second-order valence-electron chi connectivity index (χ2n) is 18.4. The maximum atomic E-state index is 16.9. The number of likely N-dealkylation sites (tertiary alicyclic amines) is 1. The summed E-state index contributed by atoms with van der Waals surface area (Å²) < 4.78 is 63.3. The maximum absolute atomic E-state index is 16.9. The first-order chi connectivity index (χ1) is 37.0. The standard InChI is InChI=1S/C33H32ClF2N7O4S.C19H14FN3O4.C2H6/c1-17(18(2)47-16-44)32(45)43-11-9-42(10-12-43)31-21-13-23(34)26(20-6-7-24(35)29-25(20)22(14-37)30(38)48-29)27(36)28(21)39-33(40-31)46-15-19-5-4-8-41(19)3;1-21-14-3-8-2-9-6-23-15(16(9)22-13(8)5-12(14)20)4-10-11(18(23)25)7-27-19(26)17(10)24;1-2/h6-7,13,16,18-19H,1,4-5,8-12,15,38H2,2-3H3;2-5,17,21,24H,6-7H2,1H3;1-2H3. The minimum atomic E-state index is -1.49. The van der Waals surface area contributed by atoms with Crippen LogP contribution in [0.2, 0.25) is 5.02 Å². The summed E-state index contributed by atoms with van der Waals surface area (Å²) in [5.74, 6) is -2.55. The molecule has 8 heterocycles. The monoisotopic (exact) mass is 1090 g/mol. The molecule has 2 fully saturated rings. The fraction of sp³-hybridized carbons (Fsp3) is 0.333. The van der Waals surface area contributed by atoms with Gasteiger partial charge in [0.2, 0.25) is 0 Å². The van der Waals surface area contributed by atoms with E-state index in [0.717, 1.165) is 41.7 Å². The van der Waals surface area contributed by atoms with Crippen molar-refractivity contribution in [2.75, 3.05) is 69.4 Å². The molecule has 11 rings (SSSR count). The Morgan fingerprint density at radius 2 is 1.84 bits per heavy atom. The number of likely N-dealkylation sites (N-methyl/N-ethyl adjacent to an activating group) is 1. The van der Waals surface area contributed by atoms with Gasteiger partial charge in [-0.05, 0) is 69.3 Å². The number of halogens is 4. The molecule has 1 amide bonds. The van der Waals surface area contributed by atoms with Crippen LogP contribution < -0.4 is 26.2 Å². The number of nitrogens with one attached hydrogen (secondary N) is 1. The molecular formula is C54H52ClF3N10O8S. The highest BCUT2D eigenvalue weighted by atomic mass is 35.5. The molecule has 4 aliphatic rings. The van der Waals surface area contributed by atoms with Crippen molar-refractivity contribution in [1.82, 2.24) is 29.3 Å². The van der Waals surface area contributed by atoms with E-state index in [4.69, 9.17) is 36.5 Å². The number of anilines is 3. The first kappa shape index (κ1) is 54.0. The smallest absolute Gasteiger partial charge is 0.340 e. The summed E-state index contributed by atoms with van der Waals surface area (Å²) in [4.78, 5) is 67.7. The van der Waals surface area contributed by atoms with Gasteiger partial charge in [-0.3, -0.25) is 14.4 Å². The van der Waals surface area contributed by atoms with Crippen molar-refractivity contribution in [2.45, 2.75) is 65.0 Å². The summed E-state index contributed by atoms with van der Waals surface area (Å²) in [5.41, 5.74) is 9.20. The van der Waals surface area contributed by atoms with Crippen LogP contribution in [0.25, 0.3) is 54.4 Å². The predicted octanol–water partition coefficient (Wildman–Crippen LogP) is 7.86. The molecule has 3 atom stereocenters. The van der Waals surface area contributed by atoms with Crippen LogP contribution in [0.3, 0.4) is 0 Å². The van der Waals surface area contributed by atoms with Crippen LogP contribution in [0.1, 0.15) is 62.0 Å². The number of nitrogens with zero attached hydrogens (tertiary/aromatic N) is 8. The number of nitrogens with two attached hydrogens (primary N) is 1. The van der Waals surface area contributed by atoms with Gasteiger partial charge in [0.05, 0.1) is 55.6 Å². The molecule has 3 aromatic carbocycles. The van der Waals surface area contributed by atoms with Gasteiger partial charge in [0, 0.05) is 78.2 Å². The summed E-state index contributed by atoms with van der Waals surface area (Å²) in [6, 6.07) is 12.7.